The highest BCUT2D eigenvalue weighted by molar-refractivity contribution is 5.52. The van der Waals surface area contributed by atoms with Crippen molar-refractivity contribution in [1.82, 2.24) is 4.98 Å². The Bertz CT molecular complexity index is 421. The molecule has 2 rings (SSSR count). The van der Waals surface area contributed by atoms with Crippen molar-refractivity contribution in [2.24, 2.45) is 0 Å². The van der Waals surface area contributed by atoms with Crippen molar-refractivity contribution >= 4 is 5.82 Å². The van der Waals surface area contributed by atoms with Crippen LogP contribution in [0.2, 0.25) is 0 Å². The number of hydrogen-bond acceptors (Lipinski definition) is 4. The Morgan fingerprint density at radius 1 is 1.50 bits per heavy atom. The van der Waals surface area contributed by atoms with E-state index in [4.69, 9.17) is 4.74 Å². The van der Waals surface area contributed by atoms with Gasteiger partial charge in [-0.25, -0.2) is 4.98 Å². The number of aliphatic hydroxyl groups is 1. The topological polar surface area (TPSA) is 45.6 Å². The lowest BCUT2D eigenvalue weighted by molar-refractivity contribution is 0.0922. The molecule has 1 atom stereocenters. The SMILES string of the molecule is CCC1COCCN1c1nc(C)cc(C)c1CO. The predicted molar refractivity (Wildman–Crippen MR) is 71.9 cm³/mol. The summed E-state index contributed by atoms with van der Waals surface area (Å²) in [5.74, 6) is 0.935. The fourth-order valence-corrected chi connectivity index (χ4v) is 2.55. The van der Waals surface area contributed by atoms with Gasteiger partial charge in [-0.15, -0.1) is 0 Å². The molecule has 0 bridgehead atoms. The van der Waals surface area contributed by atoms with Crippen LogP contribution in [0.15, 0.2) is 6.07 Å². The Morgan fingerprint density at radius 3 is 2.94 bits per heavy atom. The van der Waals surface area contributed by atoms with Gasteiger partial charge in [0, 0.05) is 17.8 Å². The molecule has 0 saturated carbocycles. The molecule has 1 aliphatic rings. The Kier molecular flexibility index (Phi) is 4.19. The van der Waals surface area contributed by atoms with Gasteiger partial charge >= 0.3 is 0 Å². The lowest BCUT2D eigenvalue weighted by atomic mass is 10.1. The van der Waals surface area contributed by atoms with Crippen molar-refractivity contribution in [3.63, 3.8) is 0 Å². The summed E-state index contributed by atoms with van der Waals surface area (Å²) in [6.45, 7) is 8.56. The van der Waals surface area contributed by atoms with Crippen LogP contribution in [0.25, 0.3) is 0 Å². The van der Waals surface area contributed by atoms with Crippen LogP contribution in [0.5, 0.6) is 0 Å². The molecule has 1 N–H and O–H groups in total. The van der Waals surface area contributed by atoms with E-state index in [9.17, 15) is 5.11 Å². The highest BCUT2D eigenvalue weighted by Crippen LogP contribution is 2.26. The lowest BCUT2D eigenvalue weighted by Gasteiger charge is -2.37. The van der Waals surface area contributed by atoms with Gasteiger partial charge in [-0.3, -0.25) is 0 Å². The number of aryl methyl sites for hydroxylation is 2. The van der Waals surface area contributed by atoms with Gasteiger partial charge in [-0.2, -0.15) is 0 Å². The summed E-state index contributed by atoms with van der Waals surface area (Å²) in [4.78, 5) is 6.92. The highest BCUT2D eigenvalue weighted by Gasteiger charge is 2.25. The van der Waals surface area contributed by atoms with Gasteiger partial charge in [-0.1, -0.05) is 6.92 Å². The van der Waals surface area contributed by atoms with Crippen LogP contribution in [0.1, 0.15) is 30.2 Å². The van der Waals surface area contributed by atoms with E-state index in [1.165, 1.54) is 0 Å². The molecular formula is C14H22N2O2. The third kappa shape index (κ3) is 2.49. The quantitative estimate of drug-likeness (QED) is 0.888. The van der Waals surface area contributed by atoms with E-state index in [1.54, 1.807) is 0 Å². The summed E-state index contributed by atoms with van der Waals surface area (Å²) in [5, 5.41) is 9.58. The van der Waals surface area contributed by atoms with Gasteiger partial charge < -0.3 is 14.7 Å². The number of hydrogen-bond donors (Lipinski definition) is 1. The number of anilines is 1. The van der Waals surface area contributed by atoms with Crippen LogP contribution in [-0.4, -0.2) is 35.9 Å². The van der Waals surface area contributed by atoms with Crippen LogP contribution >= 0.6 is 0 Å². The molecule has 1 aromatic rings. The molecule has 1 unspecified atom stereocenters. The molecule has 1 aromatic heterocycles. The largest absolute Gasteiger partial charge is 0.392 e. The summed E-state index contributed by atoms with van der Waals surface area (Å²) in [6.07, 6.45) is 1.03. The minimum absolute atomic E-state index is 0.0439. The van der Waals surface area contributed by atoms with E-state index >= 15 is 0 Å². The van der Waals surface area contributed by atoms with Gasteiger partial charge in [0.2, 0.25) is 0 Å². The second-order valence-corrected chi connectivity index (χ2v) is 4.87. The fourth-order valence-electron chi connectivity index (χ4n) is 2.55. The van der Waals surface area contributed by atoms with E-state index in [2.05, 4.69) is 16.8 Å². The maximum atomic E-state index is 9.58. The maximum Gasteiger partial charge on any atom is 0.135 e. The number of aliphatic hydroxyl groups excluding tert-OH is 1. The summed E-state index contributed by atoms with van der Waals surface area (Å²) in [7, 11) is 0. The number of nitrogens with zero attached hydrogens (tertiary/aromatic N) is 2. The molecule has 0 aliphatic carbocycles. The third-order valence-corrected chi connectivity index (χ3v) is 3.58. The second kappa shape index (κ2) is 5.67. The van der Waals surface area contributed by atoms with E-state index in [1.807, 2.05) is 19.9 Å². The van der Waals surface area contributed by atoms with E-state index in [-0.39, 0.29) is 6.61 Å². The normalized spacial score (nSPS) is 20.2. The maximum absolute atomic E-state index is 9.58. The summed E-state index contributed by atoms with van der Waals surface area (Å²) < 4.78 is 5.53. The van der Waals surface area contributed by atoms with Crippen LogP contribution in [0, 0.1) is 13.8 Å². The lowest BCUT2D eigenvalue weighted by Crippen LogP contribution is -2.46. The van der Waals surface area contributed by atoms with E-state index < -0.39 is 0 Å². The molecule has 1 aliphatic heterocycles. The Labute approximate surface area is 109 Å². The van der Waals surface area contributed by atoms with Crippen molar-refractivity contribution in [3.8, 4) is 0 Å². The van der Waals surface area contributed by atoms with Gasteiger partial charge in [-0.05, 0) is 31.9 Å². The average Bonchev–Trinajstić information content (AvgIpc) is 2.38. The molecule has 0 spiro atoms. The van der Waals surface area contributed by atoms with Gasteiger partial charge in [0.15, 0.2) is 0 Å². The van der Waals surface area contributed by atoms with Gasteiger partial charge in [0.25, 0.3) is 0 Å². The smallest absolute Gasteiger partial charge is 0.135 e. The zero-order valence-corrected chi connectivity index (χ0v) is 11.4. The minimum Gasteiger partial charge on any atom is -0.392 e. The predicted octanol–water partition coefficient (Wildman–Crippen LogP) is 1.81. The molecule has 4 heteroatoms. The number of aromatic nitrogens is 1. The zero-order chi connectivity index (χ0) is 13.1. The first-order chi connectivity index (χ1) is 8.67. The molecular weight excluding hydrogens is 228 g/mol. The van der Waals surface area contributed by atoms with Crippen LogP contribution < -0.4 is 4.90 Å². The molecule has 4 nitrogen and oxygen atoms in total. The average molecular weight is 250 g/mol. The van der Waals surface area contributed by atoms with Gasteiger partial charge in [0.1, 0.15) is 5.82 Å². The van der Waals surface area contributed by atoms with Crippen LogP contribution in [0.3, 0.4) is 0 Å². The Balaban J connectivity index is 2.41. The Morgan fingerprint density at radius 2 is 2.28 bits per heavy atom. The summed E-state index contributed by atoms with van der Waals surface area (Å²) in [6, 6.07) is 2.38. The first-order valence-electron chi connectivity index (χ1n) is 6.59. The minimum atomic E-state index is 0.0439. The fraction of sp³-hybridized carbons (Fsp3) is 0.643. The molecule has 1 saturated heterocycles. The number of rotatable bonds is 3. The van der Waals surface area contributed by atoms with Crippen molar-refractivity contribution in [1.29, 1.82) is 0 Å². The van der Waals surface area contributed by atoms with Crippen molar-refractivity contribution < 1.29 is 9.84 Å². The molecule has 0 aromatic carbocycles. The van der Waals surface area contributed by atoms with Crippen LogP contribution in [0.4, 0.5) is 5.82 Å². The monoisotopic (exact) mass is 250 g/mol. The van der Waals surface area contributed by atoms with E-state index in [0.29, 0.717) is 6.04 Å². The number of ether oxygens (including phenoxy) is 1. The van der Waals surface area contributed by atoms with Crippen molar-refractivity contribution in [2.75, 3.05) is 24.7 Å². The van der Waals surface area contributed by atoms with Crippen LogP contribution in [-0.2, 0) is 11.3 Å². The number of pyridine rings is 1. The molecule has 100 valence electrons. The van der Waals surface area contributed by atoms with Crippen molar-refractivity contribution in [2.45, 2.75) is 39.8 Å². The third-order valence-electron chi connectivity index (χ3n) is 3.58. The molecule has 2 heterocycles. The summed E-state index contributed by atoms with van der Waals surface area (Å²) in [5.41, 5.74) is 3.06. The van der Waals surface area contributed by atoms with Crippen molar-refractivity contribution in [3.05, 3.63) is 22.9 Å². The first-order valence-corrected chi connectivity index (χ1v) is 6.59. The molecule has 18 heavy (non-hydrogen) atoms. The highest BCUT2D eigenvalue weighted by atomic mass is 16.5. The van der Waals surface area contributed by atoms with E-state index in [0.717, 1.165) is 48.8 Å². The molecule has 0 radical (unpaired) electrons. The molecule has 1 fully saturated rings. The Hall–Kier alpha value is -1.13. The first kappa shape index (κ1) is 13.3. The summed E-state index contributed by atoms with van der Waals surface area (Å²) >= 11 is 0. The van der Waals surface area contributed by atoms with Gasteiger partial charge in [0.05, 0.1) is 25.9 Å². The standard InChI is InChI=1S/C14H22N2O2/c1-4-12-9-18-6-5-16(12)14-13(8-17)10(2)7-11(3)15-14/h7,12,17H,4-6,8-9H2,1-3H3. The zero-order valence-electron chi connectivity index (χ0n) is 11.4. The second-order valence-electron chi connectivity index (χ2n) is 4.87. The number of morpholine rings is 1. The molecule has 0 amide bonds.